The molecule has 0 N–H and O–H groups in total. The van der Waals surface area contributed by atoms with Gasteiger partial charge in [-0.25, -0.2) is 0 Å². The molecule has 2 aliphatic rings. The zero-order valence-corrected chi connectivity index (χ0v) is 19.0. The normalized spacial score (nSPS) is 16.4. The molecule has 4 aromatic rings. The van der Waals surface area contributed by atoms with Crippen LogP contribution < -0.4 is 0 Å². The zero-order chi connectivity index (χ0) is 21.5. The third-order valence-corrected chi connectivity index (χ3v) is 7.82. The van der Waals surface area contributed by atoms with Crippen LogP contribution in [0.3, 0.4) is 0 Å². The van der Waals surface area contributed by atoms with Crippen molar-refractivity contribution in [2.45, 2.75) is 45.4 Å². The Morgan fingerprint density at radius 3 is 1.61 bits per heavy atom. The van der Waals surface area contributed by atoms with E-state index in [1.54, 1.807) is 0 Å². The lowest BCUT2D eigenvalue weighted by atomic mass is 9.80. The molecule has 2 aliphatic carbocycles. The molecule has 0 radical (unpaired) electrons. The van der Waals surface area contributed by atoms with E-state index in [4.69, 9.17) is 0 Å². The second kappa shape index (κ2) is 5.98. The van der Waals surface area contributed by atoms with Crippen molar-refractivity contribution in [2.75, 3.05) is 0 Å². The molecule has 152 valence electrons. The summed E-state index contributed by atoms with van der Waals surface area (Å²) in [5, 5.41) is 0. The SMILES string of the molecule is Cc1cc2c(cc1-c1ccc3c(c1)C(C)(C)c1ccccc1-3)-c1ccccc1C2(C)C. The van der Waals surface area contributed by atoms with Crippen LogP contribution in [0.15, 0.2) is 78.9 Å². The Hall–Kier alpha value is -3.12. The Kier molecular flexibility index (Phi) is 3.59. The maximum Gasteiger partial charge on any atom is 0.0159 e. The molecule has 4 aromatic carbocycles. The average Bonchev–Trinajstić information content (AvgIpc) is 3.13. The van der Waals surface area contributed by atoms with E-state index in [1.165, 1.54) is 61.2 Å². The first-order valence-electron chi connectivity index (χ1n) is 11.3. The Morgan fingerprint density at radius 2 is 0.968 bits per heavy atom. The zero-order valence-electron chi connectivity index (χ0n) is 19.0. The van der Waals surface area contributed by atoms with Crippen LogP contribution in [0, 0.1) is 6.92 Å². The van der Waals surface area contributed by atoms with E-state index >= 15 is 0 Å². The van der Waals surface area contributed by atoms with E-state index in [1.807, 2.05) is 0 Å². The molecule has 0 amide bonds. The Morgan fingerprint density at radius 1 is 0.452 bits per heavy atom. The maximum absolute atomic E-state index is 2.44. The average molecular weight is 401 g/mol. The Bertz CT molecular complexity index is 1380. The van der Waals surface area contributed by atoms with Gasteiger partial charge in [-0.05, 0) is 80.3 Å². The minimum Gasteiger partial charge on any atom is -0.0619 e. The molecule has 0 nitrogen and oxygen atoms in total. The van der Waals surface area contributed by atoms with Gasteiger partial charge in [-0.2, -0.15) is 0 Å². The molecule has 0 atom stereocenters. The number of fused-ring (bicyclic) bond motifs is 6. The molecule has 0 fully saturated rings. The summed E-state index contributed by atoms with van der Waals surface area (Å²) in [6.45, 7) is 11.7. The molecule has 0 aliphatic heterocycles. The molecule has 0 heterocycles. The molecule has 0 saturated heterocycles. The number of benzene rings is 4. The third-order valence-electron chi connectivity index (χ3n) is 7.82. The van der Waals surface area contributed by atoms with Crippen molar-refractivity contribution in [3.8, 4) is 33.4 Å². The molecule has 31 heavy (non-hydrogen) atoms. The van der Waals surface area contributed by atoms with Gasteiger partial charge in [0.25, 0.3) is 0 Å². The minimum absolute atomic E-state index is 0.0289. The Labute approximate surface area is 185 Å². The quantitative estimate of drug-likeness (QED) is 0.301. The molecule has 0 unspecified atom stereocenters. The van der Waals surface area contributed by atoms with Crippen molar-refractivity contribution in [3.63, 3.8) is 0 Å². The fourth-order valence-electron chi connectivity index (χ4n) is 6.04. The van der Waals surface area contributed by atoms with Crippen molar-refractivity contribution >= 4 is 0 Å². The fourth-order valence-corrected chi connectivity index (χ4v) is 6.04. The molecule has 0 bridgehead atoms. The first kappa shape index (κ1) is 18.6. The summed E-state index contributed by atoms with van der Waals surface area (Å²) in [6, 6.07) is 29.7. The predicted molar refractivity (Wildman–Crippen MR) is 132 cm³/mol. The van der Waals surface area contributed by atoms with Gasteiger partial charge in [0, 0.05) is 10.8 Å². The van der Waals surface area contributed by atoms with Crippen molar-refractivity contribution in [1.29, 1.82) is 0 Å². The van der Waals surface area contributed by atoms with E-state index < -0.39 is 0 Å². The predicted octanol–water partition coefficient (Wildman–Crippen LogP) is 8.27. The van der Waals surface area contributed by atoms with Crippen molar-refractivity contribution in [2.24, 2.45) is 0 Å². The summed E-state index contributed by atoms with van der Waals surface area (Å²) >= 11 is 0. The highest BCUT2D eigenvalue weighted by Gasteiger charge is 2.37. The minimum atomic E-state index is 0.0289. The van der Waals surface area contributed by atoms with E-state index in [-0.39, 0.29) is 10.8 Å². The monoisotopic (exact) mass is 400 g/mol. The maximum atomic E-state index is 2.44. The highest BCUT2D eigenvalue weighted by atomic mass is 14.4. The summed E-state index contributed by atoms with van der Waals surface area (Å²) in [5.41, 5.74) is 15.4. The van der Waals surface area contributed by atoms with Gasteiger partial charge < -0.3 is 0 Å². The highest BCUT2D eigenvalue weighted by Crippen LogP contribution is 2.52. The van der Waals surface area contributed by atoms with Crippen molar-refractivity contribution < 1.29 is 0 Å². The topological polar surface area (TPSA) is 0 Å². The molecule has 0 spiro atoms. The number of hydrogen-bond acceptors (Lipinski definition) is 0. The first-order chi connectivity index (χ1) is 14.8. The highest BCUT2D eigenvalue weighted by molar-refractivity contribution is 5.88. The van der Waals surface area contributed by atoms with Gasteiger partial charge in [0.1, 0.15) is 0 Å². The molecule has 6 rings (SSSR count). The van der Waals surface area contributed by atoms with Gasteiger partial charge in [-0.15, -0.1) is 0 Å². The lowest BCUT2D eigenvalue weighted by Crippen LogP contribution is -2.15. The van der Waals surface area contributed by atoms with Gasteiger partial charge in [-0.1, -0.05) is 94.4 Å². The standard InChI is InChI=1S/C31H28/c1-19-16-28-25(22-11-7-9-13-27(22)30(28,2)3)18-24(19)20-14-15-23-21-10-6-8-12-26(21)31(4,5)29(23)17-20/h6-18H,1-5H3. The lowest BCUT2D eigenvalue weighted by molar-refractivity contribution is 0.659. The summed E-state index contributed by atoms with van der Waals surface area (Å²) in [6.07, 6.45) is 0. The van der Waals surface area contributed by atoms with Crippen LogP contribution in [0.4, 0.5) is 0 Å². The largest absolute Gasteiger partial charge is 0.0619 e. The molecular weight excluding hydrogens is 372 g/mol. The van der Waals surface area contributed by atoms with E-state index in [9.17, 15) is 0 Å². The van der Waals surface area contributed by atoms with Gasteiger partial charge in [0.2, 0.25) is 0 Å². The van der Waals surface area contributed by atoms with Gasteiger partial charge >= 0.3 is 0 Å². The molecule has 0 heteroatoms. The summed E-state index contributed by atoms with van der Waals surface area (Å²) in [4.78, 5) is 0. The molecule has 0 saturated carbocycles. The van der Waals surface area contributed by atoms with Crippen LogP contribution in [0.2, 0.25) is 0 Å². The fraction of sp³-hybridized carbons (Fsp3) is 0.226. The summed E-state index contributed by atoms with van der Waals surface area (Å²) < 4.78 is 0. The summed E-state index contributed by atoms with van der Waals surface area (Å²) in [7, 11) is 0. The van der Waals surface area contributed by atoms with Gasteiger partial charge in [-0.3, -0.25) is 0 Å². The van der Waals surface area contributed by atoms with Gasteiger partial charge in [0.15, 0.2) is 0 Å². The van der Waals surface area contributed by atoms with Crippen LogP contribution in [0.5, 0.6) is 0 Å². The third kappa shape index (κ3) is 2.36. The summed E-state index contributed by atoms with van der Waals surface area (Å²) in [5.74, 6) is 0. The number of rotatable bonds is 1. The van der Waals surface area contributed by atoms with Crippen LogP contribution in [0.1, 0.15) is 55.5 Å². The lowest BCUT2D eigenvalue weighted by Gasteiger charge is -2.23. The molecular formula is C31H28. The second-order valence-corrected chi connectivity index (χ2v) is 10.3. The van der Waals surface area contributed by atoms with Crippen molar-refractivity contribution in [3.05, 3.63) is 107 Å². The second-order valence-electron chi connectivity index (χ2n) is 10.3. The van der Waals surface area contributed by atoms with E-state index in [2.05, 4.69) is 113 Å². The van der Waals surface area contributed by atoms with Crippen LogP contribution >= 0.6 is 0 Å². The van der Waals surface area contributed by atoms with Crippen molar-refractivity contribution in [1.82, 2.24) is 0 Å². The van der Waals surface area contributed by atoms with Crippen LogP contribution in [0.25, 0.3) is 33.4 Å². The van der Waals surface area contributed by atoms with Gasteiger partial charge in [0.05, 0.1) is 0 Å². The number of hydrogen-bond donors (Lipinski definition) is 0. The van der Waals surface area contributed by atoms with E-state index in [0.717, 1.165) is 0 Å². The Balaban J connectivity index is 1.56. The number of aryl methyl sites for hydroxylation is 1. The van der Waals surface area contributed by atoms with E-state index in [0.29, 0.717) is 0 Å². The first-order valence-corrected chi connectivity index (χ1v) is 11.3. The smallest absolute Gasteiger partial charge is 0.0159 e. The van der Waals surface area contributed by atoms with Crippen LogP contribution in [-0.2, 0) is 10.8 Å². The van der Waals surface area contributed by atoms with Crippen LogP contribution in [-0.4, -0.2) is 0 Å². The molecule has 0 aromatic heterocycles.